The minimum absolute atomic E-state index is 0.0173. The van der Waals surface area contributed by atoms with E-state index in [1.807, 2.05) is 11.3 Å². The predicted octanol–water partition coefficient (Wildman–Crippen LogP) is 17.2. The minimum Gasteiger partial charge on any atom is -0.311 e. The largest absolute Gasteiger partial charge is 0.311 e. The molecule has 0 unspecified atom stereocenters. The Morgan fingerprint density at radius 3 is 1.59 bits per heavy atom. The lowest BCUT2D eigenvalue weighted by atomic mass is 9.35. The highest BCUT2D eigenvalue weighted by Crippen LogP contribution is 2.55. The molecule has 0 amide bonds. The maximum absolute atomic E-state index is 2.74. The highest BCUT2D eigenvalue weighted by atomic mass is 32.1. The van der Waals surface area contributed by atoms with Crippen LogP contribution in [0.1, 0.15) is 182 Å². The van der Waals surface area contributed by atoms with Gasteiger partial charge in [0.25, 0.3) is 6.71 Å². The monoisotopic (exact) mass is 941 g/mol. The highest BCUT2D eigenvalue weighted by molar-refractivity contribution is 7.33. The predicted molar refractivity (Wildman–Crippen MR) is 308 cm³/mol. The molecule has 4 heteroatoms. The zero-order valence-electron chi connectivity index (χ0n) is 45.6. The molecule has 70 heavy (non-hydrogen) atoms. The zero-order valence-corrected chi connectivity index (χ0v) is 46.4. The summed E-state index contributed by atoms with van der Waals surface area (Å²) in [5.41, 5.74) is 23.4. The fraction of sp³-hybridized carbons (Fsp3) is 0.424. The number of hydrogen-bond donors (Lipinski definition) is 0. The lowest BCUT2D eigenvalue weighted by Crippen LogP contribution is -2.61. The van der Waals surface area contributed by atoms with Crippen LogP contribution in [0.3, 0.4) is 0 Å². The van der Waals surface area contributed by atoms with E-state index in [2.05, 4.69) is 237 Å². The summed E-state index contributed by atoms with van der Waals surface area (Å²) in [7, 11) is 0. The van der Waals surface area contributed by atoms with Gasteiger partial charge in [-0.1, -0.05) is 178 Å². The lowest BCUT2D eigenvalue weighted by molar-refractivity contribution is 0.332. The normalized spacial score (nSPS) is 18.5. The van der Waals surface area contributed by atoms with E-state index < -0.39 is 0 Å². The van der Waals surface area contributed by atoms with Gasteiger partial charge in [-0.25, -0.2) is 0 Å². The van der Waals surface area contributed by atoms with Crippen LogP contribution in [-0.2, 0) is 37.9 Å². The molecule has 0 saturated heterocycles. The second-order valence-electron chi connectivity index (χ2n) is 27.6. The molecule has 0 fully saturated rings. The molecule has 0 saturated carbocycles. The Hall–Kier alpha value is -5.06. The van der Waals surface area contributed by atoms with Gasteiger partial charge in [0.05, 0.1) is 11.4 Å². The van der Waals surface area contributed by atoms with Crippen molar-refractivity contribution in [1.82, 2.24) is 0 Å². The molecule has 2 aliphatic heterocycles. The fourth-order valence-electron chi connectivity index (χ4n) is 12.7. The van der Waals surface area contributed by atoms with Crippen LogP contribution in [0.4, 0.5) is 34.1 Å². The van der Waals surface area contributed by atoms with Crippen molar-refractivity contribution in [2.24, 2.45) is 0 Å². The summed E-state index contributed by atoms with van der Waals surface area (Å²) in [6.07, 6.45) is 4.71. The molecular formula is C66H77BN2S. The molecule has 0 spiro atoms. The van der Waals surface area contributed by atoms with Gasteiger partial charge in [0, 0.05) is 43.2 Å². The first-order chi connectivity index (χ1) is 32.6. The minimum atomic E-state index is -0.126. The SMILES string of the molecule is CC(C)(C)c1ccc(N2c3cc4c(cc3B3c5sc6cc(C(C)(C)C)ccc6c5N(c5ccc6c(c5)C(C)(C)CCC6(C)C)c5cc(C(C)(C)C)cc2c53)C(C)(C)CCC4(C)C)c(-c2ccccc2)c1. The first-order valence-electron chi connectivity index (χ1n) is 26.5. The number of nitrogens with zero attached hydrogens (tertiary/aromatic N) is 2. The second kappa shape index (κ2) is 15.2. The molecule has 1 aromatic heterocycles. The Morgan fingerprint density at radius 2 is 0.986 bits per heavy atom. The molecule has 0 radical (unpaired) electrons. The van der Waals surface area contributed by atoms with Gasteiger partial charge in [0.1, 0.15) is 0 Å². The topological polar surface area (TPSA) is 6.48 Å². The molecule has 0 atom stereocenters. The number of hydrogen-bond acceptors (Lipinski definition) is 3. The van der Waals surface area contributed by atoms with Crippen LogP contribution >= 0.6 is 11.3 Å². The molecule has 2 aliphatic carbocycles. The van der Waals surface area contributed by atoms with Gasteiger partial charge in [-0.15, -0.1) is 11.3 Å². The van der Waals surface area contributed by atoms with Crippen LogP contribution in [0, 0.1) is 0 Å². The smallest absolute Gasteiger partial charge is 0.264 e. The highest BCUT2D eigenvalue weighted by Gasteiger charge is 2.49. The standard InChI is InChI=1S/C66H77BN2S/c1-60(2,3)41-24-28-52(46(33-41)40-21-19-18-20-22-40)69-53-39-50-49(65(14,15)31-32-66(50,16)17)38-51(53)67-57-54(34-43(35-55(57)69)62(7,8)9)68(44-25-27-47-48(37-44)64(12,13)30-29-63(47,10)11)58-45-26-23-42(61(4,5)6)36-56(45)70-59(58)67/h18-28,33-39H,29-32H2,1-17H3. The summed E-state index contributed by atoms with van der Waals surface area (Å²) >= 11 is 2.05. The number of benzene rings is 6. The van der Waals surface area contributed by atoms with Crippen LogP contribution in [0.25, 0.3) is 21.2 Å². The van der Waals surface area contributed by atoms with Gasteiger partial charge < -0.3 is 9.80 Å². The van der Waals surface area contributed by atoms with Crippen LogP contribution < -0.4 is 25.5 Å². The first-order valence-corrected chi connectivity index (χ1v) is 27.3. The van der Waals surface area contributed by atoms with E-state index in [9.17, 15) is 0 Å². The van der Waals surface area contributed by atoms with Gasteiger partial charge in [0.15, 0.2) is 0 Å². The van der Waals surface area contributed by atoms with Crippen molar-refractivity contribution in [1.29, 1.82) is 0 Å². The van der Waals surface area contributed by atoms with Crippen molar-refractivity contribution in [3.8, 4) is 11.1 Å². The maximum atomic E-state index is 2.74. The molecule has 6 aromatic carbocycles. The van der Waals surface area contributed by atoms with Crippen LogP contribution in [0.2, 0.25) is 0 Å². The van der Waals surface area contributed by atoms with E-state index in [4.69, 9.17) is 0 Å². The number of anilines is 6. The van der Waals surface area contributed by atoms with Crippen molar-refractivity contribution in [2.75, 3.05) is 9.80 Å². The Bertz CT molecular complexity index is 3280. The van der Waals surface area contributed by atoms with Gasteiger partial charge in [-0.3, -0.25) is 0 Å². The number of rotatable bonds is 3. The average Bonchev–Trinajstić information content (AvgIpc) is 3.66. The number of thiophene rings is 1. The summed E-state index contributed by atoms with van der Waals surface area (Å²) in [5.74, 6) is 0. The van der Waals surface area contributed by atoms with Crippen molar-refractivity contribution >= 4 is 78.0 Å². The lowest BCUT2D eigenvalue weighted by Gasteiger charge is -2.48. The van der Waals surface area contributed by atoms with Crippen molar-refractivity contribution in [3.63, 3.8) is 0 Å². The summed E-state index contributed by atoms with van der Waals surface area (Å²) in [4.78, 5) is 5.47. The molecule has 11 rings (SSSR count). The molecule has 3 heterocycles. The number of fused-ring (bicyclic) bond motifs is 8. The van der Waals surface area contributed by atoms with Gasteiger partial charge in [0.2, 0.25) is 0 Å². The Kier molecular flexibility index (Phi) is 10.3. The summed E-state index contributed by atoms with van der Waals surface area (Å²) in [6, 6.07) is 44.2. The van der Waals surface area contributed by atoms with Crippen LogP contribution in [0.5, 0.6) is 0 Å². The van der Waals surface area contributed by atoms with Crippen molar-refractivity contribution in [2.45, 2.75) is 181 Å². The van der Waals surface area contributed by atoms with Gasteiger partial charge >= 0.3 is 0 Å². The van der Waals surface area contributed by atoms with E-state index in [0.29, 0.717) is 0 Å². The fourth-order valence-corrected chi connectivity index (χ4v) is 14.1. The third-order valence-electron chi connectivity index (χ3n) is 17.6. The third kappa shape index (κ3) is 7.30. The van der Waals surface area contributed by atoms with Gasteiger partial charge in [-0.05, 0) is 168 Å². The van der Waals surface area contributed by atoms with E-state index in [-0.39, 0.29) is 44.6 Å². The molecule has 4 aliphatic rings. The van der Waals surface area contributed by atoms with Gasteiger partial charge in [-0.2, -0.15) is 0 Å². The zero-order chi connectivity index (χ0) is 50.0. The first kappa shape index (κ1) is 47.3. The van der Waals surface area contributed by atoms with E-state index in [1.54, 1.807) is 0 Å². The van der Waals surface area contributed by atoms with E-state index >= 15 is 0 Å². The van der Waals surface area contributed by atoms with Crippen LogP contribution in [0.15, 0.2) is 109 Å². The average molecular weight is 941 g/mol. The molecular weight excluding hydrogens is 864 g/mol. The molecule has 360 valence electrons. The molecule has 0 bridgehead atoms. The molecule has 0 N–H and O–H groups in total. The quantitative estimate of drug-likeness (QED) is 0.163. The second-order valence-corrected chi connectivity index (χ2v) is 28.7. The summed E-state index contributed by atoms with van der Waals surface area (Å²) in [5, 5.41) is 1.35. The summed E-state index contributed by atoms with van der Waals surface area (Å²) in [6.45, 7) is 41.2. The molecule has 2 nitrogen and oxygen atoms in total. The Morgan fingerprint density at radius 1 is 0.457 bits per heavy atom. The van der Waals surface area contributed by atoms with Crippen molar-refractivity contribution < 1.29 is 0 Å². The Balaban J connectivity index is 1.32. The van der Waals surface area contributed by atoms with E-state index in [0.717, 1.165) is 0 Å². The Labute approximate surface area is 426 Å². The van der Waals surface area contributed by atoms with E-state index in [1.165, 1.54) is 136 Å². The third-order valence-corrected chi connectivity index (χ3v) is 18.9. The molecule has 7 aromatic rings. The van der Waals surface area contributed by atoms with Crippen molar-refractivity contribution in [3.05, 3.63) is 148 Å². The maximum Gasteiger partial charge on any atom is 0.264 e. The van der Waals surface area contributed by atoms with Crippen LogP contribution in [-0.4, -0.2) is 6.71 Å². The summed E-state index contributed by atoms with van der Waals surface area (Å²) < 4.78 is 2.83.